The number of likely N-dealkylation sites (tertiary alicyclic amines) is 1. The van der Waals surface area contributed by atoms with E-state index in [0.29, 0.717) is 29.0 Å². The number of halogens is 1. The average molecular weight is 522 g/mol. The number of aryl methyl sites for hydroxylation is 1. The molecular weight excluding hydrogens is 489 g/mol. The summed E-state index contributed by atoms with van der Waals surface area (Å²) in [6.07, 6.45) is 0.936. The minimum atomic E-state index is -1.91. The number of aromatic nitrogens is 2. The Labute approximate surface area is 219 Å². The molecule has 0 bridgehead atoms. The van der Waals surface area contributed by atoms with Crippen molar-refractivity contribution in [2.75, 3.05) is 13.1 Å². The van der Waals surface area contributed by atoms with Gasteiger partial charge in [-0.05, 0) is 63.4 Å². The maximum atomic E-state index is 14.7. The summed E-state index contributed by atoms with van der Waals surface area (Å²) in [5.74, 6) is -0.989. The zero-order valence-electron chi connectivity index (χ0n) is 22.1. The van der Waals surface area contributed by atoms with Gasteiger partial charge in [-0.15, -0.1) is 0 Å². The minimum Gasteiger partial charge on any atom is -0.458 e. The Balaban J connectivity index is 1.54. The summed E-state index contributed by atoms with van der Waals surface area (Å²) in [4.78, 5) is 33.2. The maximum Gasteiger partial charge on any atom is 0.343 e. The Bertz CT molecular complexity index is 1570. The van der Waals surface area contributed by atoms with Gasteiger partial charge in [0.25, 0.3) is 5.56 Å². The van der Waals surface area contributed by atoms with Crippen LogP contribution in [0.15, 0.2) is 23.0 Å². The molecule has 1 saturated heterocycles. The number of rotatable bonds is 4. The van der Waals surface area contributed by atoms with Crippen LogP contribution in [-0.2, 0) is 34.8 Å². The molecule has 1 aromatic carbocycles. The van der Waals surface area contributed by atoms with Crippen molar-refractivity contribution in [2.45, 2.75) is 71.4 Å². The van der Waals surface area contributed by atoms with E-state index in [4.69, 9.17) is 9.72 Å². The Kier molecular flexibility index (Phi) is 5.58. The number of carbonyl (C=O) groups is 1. The summed E-state index contributed by atoms with van der Waals surface area (Å²) >= 11 is 0. The fourth-order valence-electron chi connectivity index (χ4n) is 6.25. The second-order valence-electron chi connectivity index (χ2n) is 11.5. The van der Waals surface area contributed by atoms with E-state index in [1.807, 2.05) is 19.9 Å². The largest absolute Gasteiger partial charge is 0.458 e. The third-order valence-electron chi connectivity index (χ3n) is 8.74. The van der Waals surface area contributed by atoms with Gasteiger partial charge in [-0.1, -0.05) is 6.92 Å². The number of hydrogen-bond acceptors (Lipinski definition) is 7. The molecule has 3 aliphatic heterocycles. The molecule has 2 N–H and O–H groups in total. The summed E-state index contributed by atoms with van der Waals surface area (Å²) in [6, 6.07) is 4.92. The van der Waals surface area contributed by atoms with Crippen molar-refractivity contribution in [1.82, 2.24) is 14.5 Å². The van der Waals surface area contributed by atoms with E-state index in [1.54, 1.807) is 24.5 Å². The molecule has 0 amide bonds. The van der Waals surface area contributed by atoms with Crippen molar-refractivity contribution in [3.63, 3.8) is 0 Å². The van der Waals surface area contributed by atoms with Gasteiger partial charge in [-0.3, -0.25) is 9.69 Å². The van der Waals surface area contributed by atoms with Crippen molar-refractivity contribution in [2.24, 2.45) is 5.92 Å². The number of fused-ring (bicyclic) bond motifs is 5. The highest BCUT2D eigenvalue weighted by atomic mass is 19.1. The summed E-state index contributed by atoms with van der Waals surface area (Å²) in [6.45, 7) is 9.28. The Hall–Kier alpha value is -3.14. The molecule has 0 spiro atoms. The first-order valence-corrected chi connectivity index (χ1v) is 13.2. The highest BCUT2D eigenvalue weighted by Crippen LogP contribution is 2.41. The molecular formula is C29H32FN3O5. The lowest BCUT2D eigenvalue weighted by Crippen LogP contribution is -2.44. The number of ether oxygens (including phenoxy) is 1. The van der Waals surface area contributed by atoms with Crippen LogP contribution in [0.3, 0.4) is 0 Å². The molecule has 38 heavy (non-hydrogen) atoms. The lowest BCUT2D eigenvalue weighted by Gasteiger charge is -2.31. The highest BCUT2D eigenvalue weighted by Gasteiger charge is 2.45. The molecule has 5 heterocycles. The van der Waals surface area contributed by atoms with Crippen LogP contribution in [-0.4, -0.2) is 49.3 Å². The summed E-state index contributed by atoms with van der Waals surface area (Å²) < 4.78 is 21.5. The van der Waals surface area contributed by atoms with Crippen LogP contribution in [0.25, 0.3) is 22.3 Å². The van der Waals surface area contributed by atoms with Crippen molar-refractivity contribution in [3.8, 4) is 11.4 Å². The topological polar surface area (TPSA) is 105 Å². The molecule has 2 atom stereocenters. The second-order valence-corrected chi connectivity index (χ2v) is 11.5. The number of nitrogens with zero attached hydrogens (tertiary/aromatic N) is 3. The molecule has 6 rings (SSSR count). The number of hydrogen-bond donors (Lipinski definition) is 2. The van der Waals surface area contributed by atoms with E-state index in [0.717, 1.165) is 36.0 Å². The van der Waals surface area contributed by atoms with Crippen LogP contribution in [0, 0.1) is 18.7 Å². The first kappa shape index (κ1) is 25.2. The average Bonchev–Trinajstić information content (AvgIpc) is 3.48. The monoisotopic (exact) mass is 521 g/mol. The number of benzene rings is 1. The lowest BCUT2D eigenvalue weighted by atomic mass is 9.86. The molecule has 3 aromatic rings. The standard InChI is InChI=1S/C29H32FN3O5/c1-5-29(37)21-9-24-25-19(13-33(24)26(34)20(21)14-38-27(29)35)18(12-32-7-6-16(11-32)28(3,4)36)17-8-15(2)22(30)10-23(17)31-25/h8-10,16,36-37H,5-7,11-14H2,1-4H3/t16?,29-/m0/s1. The molecule has 3 aliphatic rings. The Morgan fingerprint density at radius 3 is 2.68 bits per heavy atom. The van der Waals surface area contributed by atoms with Crippen LogP contribution in [0.2, 0.25) is 0 Å². The van der Waals surface area contributed by atoms with E-state index in [2.05, 4.69) is 4.90 Å². The van der Waals surface area contributed by atoms with Crippen LogP contribution in [0.4, 0.5) is 4.39 Å². The molecule has 1 fully saturated rings. The molecule has 1 unspecified atom stereocenters. The van der Waals surface area contributed by atoms with Gasteiger partial charge in [-0.25, -0.2) is 14.2 Å². The van der Waals surface area contributed by atoms with E-state index in [9.17, 15) is 24.2 Å². The predicted molar refractivity (Wildman–Crippen MR) is 139 cm³/mol. The van der Waals surface area contributed by atoms with E-state index in [-0.39, 0.29) is 48.0 Å². The fraction of sp³-hybridized carbons (Fsp3) is 0.483. The summed E-state index contributed by atoms with van der Waals surface area (Å²) in [5.41, 5.74) is 1.44. The quantitative estimate of drug-likeness (QED) is 0.398. The smallest absolute Gasteiger partial charge is 0.343 e. The SMILES string of the molecule is CC[C@@]1(O)C(=O)OCc2c1cc1n(c2=O)Cc2c-1nc1cc(F)c(C)cc1c2CN1CCC(C(C)(C)O)C1. The lowest BCUT2D eigenvalue weighted by molar-refractivity contribution is -0.172. The molecule has 8 nitrogen and oxygen atoms in total. The van der Waals surface area contributed by atoms with Crippen molar-refractivity contribution < 1.29 is 24.1 Å². The maximum absolute atomic E-state index is 14.7. The number of carbonyl (C=O) groups excluding carboxylic acids is 1. The van der Waals surface area contributed by atoms with Gasteiger partial charge in [0.15, 0.2) is 5.60 Å². The van der Waals surface area contributed by atoms with Crippen LogP contribution in [0.1, 0.15) is 61.4 Å². The van der Waals surface area contributed by atoms with Crippen molar-refractivity contribution >= 4 is 16.9 Å². The molecule has 0 saturated carbocycles. The Morgan fingerprint density at radius 2 is 2.00 bits per heavy atom. The summed E-state index contributed by atoms with van der Waals surface area (Å²) in [5, 5.41) is 22.6. The van der Waals surface area contributed by atoms with Gasteiger partial charge in [0, 0.05) is 41.6 Å². The number of aliphatic hydroxyl groups is 2. The van der Waals surface area contributed by atoms with Crippen LogP contribution < -0.4 is 5.56 Å². The van der Waals surface area contributed by atoms with Crippen LogP contribution in [0.5, 0.6) is 0 Å². The van der Waals surface area contributed by atoms with E-state index >= 15 is 0 Å². The van der Waals surface area contributed by atoms with Gasteiger partial charge < -0.3 is 19.5 Å². The van der Waals surface area contributed by atoms with E-state index < -0.39 is 17.2 Å². The van der Waals surface area contributed by atoms with E-state index in [1.165, 1.54) is 6.07 Å². The van der Waals surface area contributed by atoms with Gasteiger partial charge in [-0.2, -0.15) is 0 Å². The number of esters is 1. The summed E-state index contributed by atoms with van der Waals surface area (Å²) in [7, 11) is 0. The Morgan fingerprint density at radius 1 is 1.24 bits per heavy atom. The fourth-order valence-corrected chi connectivity index (χ4v) is 6.25. The number of cyclic esters (lactones) is 1. The predicted octanol–water partition coefficient (Wildman–Crippen LogP) is 3.12. The molecule has 200 valence electrons. The first-order valence-electron chi connectivity index (χ1n) is 13.2. The van der Waals surface area contributed by atoms with Gasteiger partial charge in [0.1, 0.15) is 12.4 Å². The zero-order chi connectivity index (χ0) is 27.1. The van der Waals surface area contributed by atoms with Gasteiger partial charge in [0.05, 0.1) is 34.6 Å². The molecule has 0 aliphatic carbocycles. The van der Waals surface area contributed by atoms with Gasteiger partial charge in [0.2, 0.25) is 0 Å². The van der Waals surface area contributed by atoms with Gasteiger partial charge >= 0.3 is 5.97 Å². The minimum absolute atomic E-state index is 0.0623. The first-order chi connectivity index (χ1) is 17.9. The second kappa shape index (κ2) is 8.43. The molecule has 0 radical (unpaired) electrons. The third kappa shape index (κ3) is 3.63. The van der Waals surface area contributed by atoms with Crippen molar-refractivity contribution in [3.05, 3.63) is 62.2 Å². The zero-order valence-corrected chi connectivity index (χ0v) is 22.1. The normalized spacial score (nSPS) is 22.9. The molecule has 9 heteroatoms. The highest BCUT2D eigenvalue weighted by molar-refractivity contribution is 5.89. The number of pyridine rings is 2. The third-order valence-corrected chi connectivity index (χ3v) is 8.74. The van der Waals surface area contributed by atoms with Crippen molar-refractivity contribution in [1.29, 1.82) is 0 Å². The van der Waals surface area contributed by atoms with Crippen LogP contribution >= 0.6 is 0 Å². The molecule has 2 aromatic heterocycles.